The van der Waals surface area contributed by atoms with Crippen LogP contribution in [0.2, 0.25) is 0 Å². The Morgan fingerprint density at radius 2 is 1.92 bits per heavy atom. The molecule has 0 aromatic carbocycles. The molecule has 6 rings (SSSR count). The van der Waals surface area contributed by atoms with Crippen molar-refractivity contribution >= 4 is 21.8 Å². The summed E-state index contributed by atoms with van der Waals surface area (Å²) in [4.78, 5) is 19.8. The van der Waals surface area contributed by atoms with Gasteiger partial charge in [0.2, 0.25) is 10.6 Å². The zero-order chi connectivity index (χ0) is 16.4. The van der Waals surface area contributed by atoms with Crippen molar-refractivity contribution in [1.82, 2.24) is 19.7 Å². The van der Waals surface area contributed by atoms with Crippen LogP contribution < -0.4 is 0 Å². The Morgan fingerprint density at radius 3 is 2.54 bits per heavy atom. The lowest BCUT2D eigenvalue weighted by Gasteiger charge is -2.61. The largest absolute Gasteiger partial charge is 0.378 e. The van der Waals surface area contributed by atoms with Crippen LogP contribution in [0.1, 0.15) is 38.5 Å². The molecule has 0 N–H and O–H groups in total. The number of carbonyl (C=O) groups excluding carboxylic acids is 1. The van der Waals surface area contributed by atoms with Gasteiger partial charge in [-0.3, -0.25) is 4.79 Å². The highest BCUT2D eigenvalue weighted by Crippen LogP contribution is 2.64. The molecule has 7 heteroatoms. The third kappa shape index (κ3) is 2.20. The number of nitrogens with zero attached hydrogens (tertiary/aromatic N) is 4. The number of rotatable bonds is 2. The molecule has 4 bridgehead atoms. The monoisotopic (exact) mass is 394 g/mol. The molecule has 1 aromatic heterocycles. The molecule has 5 fully saturated rings. The number of hydrogen-bond acceptors (Lipinski definition) is 4. The Labute approximate surface area is 150 Å². The van der Waals surface area contributed by atoms with Gasteiger partial charge in [-0.15, -0.1) is 5.10 Å². The minimum atomic E-state index is -0.181. The number of halogens is 1. The van der Waals surface area contributed by atoms with E-state index in [2.05, 4.69) is 35.6 Å². The van der Waals surface area contributed by atoms with Crippen LogP contribution in [-0.2, 0) is 15.1 Å². The Hall–Kier alpha value is -0.950. The van der Waals surface area contributed by atoms with E-state index >= 15 is 0 Å². The average molecular weight is 395 g/mol. The number of aromatic nitrogens is 3. The van der Waals surface area contributed by atoms with Crippen molar-refractivity contribution in [3.63, 3.8) is 0 Å². The highest BCUT2D eigenvalue weighted by molar-refractivity contribution is 9.10. The molecule has 2 atom stereocenters. The van der Waals surface area contributed by atoms with Gasteiger partial charge in [-0.2, -0.15) is 0 Å². The third-order valence-electron chi connectivity index (χ3n) is 6.73. The van der Waals surface area contributed by atoms with E-state index in [1.165, 1.54) is 6.42 Å². The highest BCUT2D eigenvalue weighted by atomic mass is 79.9. The maximum Gasteiger partial charge on any atom is 0.229 e. The first kappa shape index (κ1) is 15.3. The first-order valence-corrected chi connectivity index (χ1v) is 9.83. The van der Waals surface area contributed by atoms with Gasteiger partial charge in [0, 0.05) is 13.1 Å². The summed E-state index contributed by atoms with van der Waals surface area (Å²) >= 11 is 3.38. The van der Waals surface area contributed by atoms with Gasteiger partial charge in [0.05, 0.1) is 24.2 Å². The molecule has 0 radical (unpaired) electrons. The molecule has 24 heavy (non-hydrogen) atoms. The molecule has 5 aliphatic rings. The van der Waals surface area contributed by atoms with E-state index in [0.717, 1.165) is 45.2 Å². The zero-order valence-electron chi connectivity index (χ0n) is 13.8. The highest BCUT2D eigenvalue weighted by Gasteiger charge is 2.62. The van der Waals surface area contributed by atoms with Gasteiger partial charge in [-0.1, -0.05) is 0 Å². The molecule has 4 saturated carbocycles. The van der Waals surface area contributed by atoms with Crippen LogP contribution in [0.25, 0.3) is 0 Å². The van der Waals surface area contributed by atoms with E-state index in [4.69, 9.17) is 4.74 Å². The third-order valence-corrected chi connectivity index (χ3v) is 7.10. The summed E-state index contributed by atoms with van der Waals surface area (Å²) in [5.41, 5.74) is -0.190. The Morgan fingerprint density at radius 1 is 1.21 bits per heavy atom. The first-order valence-electron chi connectivity index (χ1n) is 9.03. The van der Waals surface area contributed by atoms with Crippen molar-refractivity contribution in [1.29, 1.82) is 0 Å². The maximum absolute atomic E-state index is 13.4. The molecule has 1 aliphatic heterocycles. The second-order valence-electron chi connectivity index (χ2n) is 8.33. The van der Waals surface area contributed by atoms with Crippen LogP contribution in [0.4, 0.5) is 0 Å². The van der Waals surface area contributed by atoms with Gasteiger partial charge in [0.1, 0.15) is 6.33 Å². The molecule has 1 aromatic rings. The maximum atomic E-state index is 13.4. The summed E-state index contributed by atoms with van der Waals surface area (Å²) in [6.45, 7) is 2.85. The number of hydrogen-bond donors (Lipinski definition) is 0. The lowest BCUT2D eigenvalue weighted by molar-refractivity contribution is -0.170. The van der Waals surface area contributed by atoms with Crippen LogP contribution in [0.15, 0.2) is 11.1 Å². The standard InChI is InChI=1S/C17H23BrN4O2/c18-15-19-11-22(20-15)17-8-12-5-13(9-17)7-16(6-12,10-17)14(23)21-1-3-24-4-2-21/h11-13H,1-10H2. The van der Waals surface area contributed by atoms with Crippen molar-refractivity contribution in [2.45, 2.75) is 44.1 Å². The van der Waals surface area contributed by atoms with Gasteiger partial charge in [-0.05, 0) is 66.3 Å². The number of carbonyl (C=O) groups is 1. The summed E-state index contributed by atoms with van der Waals surface area (Å²) in [6.07, 6.45) is 8.50. The van der Waals surface area contributed by atoms with Gasteiger partial charge in [0.25, 0.3) is 0 Å². The van der Waals surface area contributed by atoms with Gasteiger partial charge in [-0.25, -0.2) is 9.67 Å². The van der Waals surface area contributed by atoms with Crippen molar-refractivity contribution in [3.8, 4) is 0 Å². The number of ether oxygens (including phenoxy) is 1. The van der Waals surface area contributed by atoms with Gasteiger partial charge in [0.15, 0.2) is 0 Å². The van der Waals surface area contributed by atoms with E-state index in [0.29, 0.717) is 35.7 Å². The number of morpholine rings is 1. The van der Waals surface area contributed by atoms with Crippen LogP contribution >= 0.6 is 15.9 Å². The molecule has 2 unspecified atom stereocenters. The van der Waals surface area contributed by atoms with Crippen molar-refractivity contribution in [2.24, 2.45) is 17.3 Å². The summed E-state index contributed by atoms with van der Waals surface area (Å²) < 4.78 is 8.15. The SMILES string of the molecule is O=C(N1CCOCC1)C12CC3CC(C1)CC(n1cnc(Br)n1)(C3)C2. The van der Waals surface area contributed by atoms with E-state index in [9.17, 15) is 4.79 Å². The summed E-state index contributed by atoms with van der Waals surface area (Å²) in [6, 6.07) is 0. The van der Waals surface area contributed by atoms with Crippen molar-refractivity contribution < 1.29 is 9.53 Å². The zero-order valence-corrected chi connectivity index (χ0v) is 15.4. The fraction of sp³-hybridized carbons (Fsp3) is 0.824. The topological polar surface area (TPSA) is 60.2 Å². The lowest BCUT2D eigenvalue weighted by atomic mass is 9.46. The van der Waals surface area contributed by atoms with Gasteiger partial charge < -0.3 is 9.64 Å². The van der Waals surface area contributed by atoms with E-state index in [-0.39, 0.29) is 11.0 Å². The fourth-order valence-corrected chi connectivity index (χ4v) is 6.57. The lowest BCUT2D eigenvalue weighted by Crippen LogP contribution is -2.62. The van der Waals surface area contributed by atoms with Gasteiger partial charge >= 0.3 is 0 Å². The summed E-state index contributed by atoms with van der Waals surface area (Å²) in [5, 5.41) is 4.58. The van der Waals surface area contributed by atoms with Crippen LogP contribution in [0, 0.1) is 17.3 Å². The van der Waals surface area contributed by atoms with Crippen LogP contribution in [0.3, 0.4) is 0 Å². The predicted octanol–water partition coefficient (Wildman–Crippen LogP) is 2.19. The molecule has 1 saturated heterocycles. The number of amides is 1. The quantitative estimate of drug-likeness (QED) is 0.771. The molecule has 130 valence electrons. The fourth-order valence-electron chi connectivity index (χ4n) is 6.31. The summed E-state index contributed by atoms with van der Waals surface area (Å²) in [7, 11) is 0. The van der Waals surface area contributed by atoms with E-state index < -0.39 is 0 Å². The smallest absolute Gasteiger partial charge is 0.229 e. The molecule has 2 heterocycles. The second-order valence-corrected chi connectivity index (χ2v) is 9.04. The average Bonchev–Trinajstić information content (AvgIpc) is 3.01. The van der Waals surface area contributed by atoms with Crippen LogP contribution in [-0.4, -0.2) is 51.9 Å². The molecule has 0 spiro atoms. The molecule has 1 amide bonds. The van der Waals surface area contributed by atoms with Crippen molar-refractivity contribution in [3.05, 3.63) is 11.1 Å². The molecular formula is C17H23BrN4O2. The molecule has 4 aliphatic carbocycles. The van der Waals surface area contributed by atoms with Crippen LogP contribution in [0.5, 0.6) is 0 Å². The minimum absolute atomic E-state index is 0.00888. The minimum Gasteiger partial charge on any atom is -0.378 e. The predicted molar refractivity (Wildman–Crippen MR) is 90.2 cm³/mol. The Bertz CT molecular complexity index is 655. The molecule has 6 nitrogen and oxygen atoms in total. The van der Waals surface area contributed by atoms with Crippen molar-refractivity contribution in [2.75, 3.05) is 26.3 Å². The summed E-state index contributed by atoms with van der Waals surface area (Å²) in [5.74, 6) is 1.68. The first-order chi connectivity index (χ1) is 11.6. The Balaban J connectivity index is 1.50. The van der Waals surface area contributed by atoms with E-state index in [1.54, 1.807) is 0 Å². The second kappa shape index (κ2) is 5.27. The van der Waals surface area contributed by atoms with E-state index in [1.807, 2.05) is 6.33 Å². The molecular weight excluding hydrogens is 372 g/mol. The normalized spacial score (nSPS) is 41.0. The Kier molecular flexibility index (Phi) is 3.36.